The summed E-state index contributed by atoms with van der Waals surface area (Å²) >= 11 is 13.1. The monoisotopic (exact) mass is 366 g/mol. The van der Waals surface area contributed by atoms with Crippen molar-refractivity contribution in [2.75, 3.05) is 0 Å². The van der Waals surface area contributed by atoms with Gasteiger partial charge in [0.25, 0.3) is 5.91 Å². The van der Waals surface area contributed by atoms with Crippen molar-refractivity contribution in [3.8, 4) is 5.69 Å². The third-order valence-electron chi connectivity index (χ3n) is 3.33. The van der Waals surface area contributed by atoms with Crippen LogP contribution in [0.3, 0.4) is 0 Å². The van der Waals surface area contributed by atoms with Crippen LogP contribution in [-0.2, 0) is 0 Å². The molecule has 118 valence electrons. The van der Waals surface area contributed by atoms with Crippen LogP contribution in [0.25, 0.3) is 5.69 Å². The van der Waals surface area contributed by atoms with Crippen LogP contribution in [0.1, 0.15) is 28.9 Å². The van der Waals surface area contributed by atoms with E-state index in [4.69, 9.17) is 23.2 Å². The third kappa shape index (κ3) is 3.55. The second kappa shape index (κ2) is 6.70. The first-order valence-corrected chi connectivity index (χ1v) is 8.32. The Kier molecular flexibility index (Phi) is 4.66. The van der Waals surface area contributed by atoms with Crippen LogP contribution in [0.2, 0.25) is 8.67 Å². The summed E-state index contributed by atoms with van der Waals surface area (Å²) in [6.07, 6.45) is 3.11. The first kappa shape index (κ1) is 16.0. The predicted molar refractivity (Wildman–Crippen MR) is 91.6 cm³/mol. The zero-order valence-electron chi connectivity index (χ0n) is 12.0. The van der Waals surface area contributed by atoms with Gasteiger partial charge >= 0.3 is 0 Å². The zero-order chi connectivity index (χ0) is 16.4. The molecule has 0 aliphatic heterocycles. The summed E-state index contributed by atoms with van der Waals surface area (Å²) in [6, 6.07) is 9.11. The van der Waals surface area contributed by atoms with E-state index in [-0.39, 0.29) is 11.9 Å². The molecular formula is C15H12Cl2N4OS. The van der Waals surface area contributed by atoms with E-state index in [0.29, 0.717) is 14.2 Å². The summed E-state index contributed by atoms with van der Waals surface area (Å²) in [5, 5.41) is 6.98. The van der Waals surface area contributed by atoms with E-state index in [1.54, 1.807) is 17.1 Å². The van der Waals surface area contributed by atoms with E-state index in [0.717, 1.165) is 11.3 Å². The van der Waals surface area contributed by atoms with Crippen LogP contribution >= 0.6 is 34.5 Å². The molecule has 1 unspecified atom stereocenters. The SMILES string of the molecule is CC(NC(=O)c1cc(Cl)sc1Cl)c1ccc(-n2cncn2)cc1. The molecule has 1 atom stereocenters. The summed E-state index contributed by atoms with van der Waals surface area (Å²) in [4.78, 5) is 16.2. The van der Waals surface area contributed by atoms with Gasteiger partial charge in [0.1, 0.15) is 17.0 Å². The maximum Gasteiger partial charge on any atom is 0.254 e. The lowest BCUT2D eigenvalue weighted by molar-refractivity contribution is 0.0940. The van der Waals surface area contributed by atoms with Gasteiger partial charge in [0, 0.05) is 0 Å². The number of nitrogens with zero attached hydrogens (tertiary/aromatic N) is 3. The maximum atomic E-state index is 12.2. The normalized spacial score (nSPS) is 12.1. The number of halogens is 2. The van der Waals surface area contributed by atoms with Crippen LogP contribution in [0, 0.1) is 0 Å². The molecule has 8 heteroatoms. The number of nitrogens with one attached hydrogen (secondary N) is 1. The number of hydrogen-bond acceptors (Lipinski definition) is 4. The van der Waals surface area contributed by atoms with E-state index in [1.165, 1.54) is 17.7 Å². The highest BCUT2D eigenvalue weighted by atomic mass is 35.5. The van der Waals surface area contributed by atoms with Crippen molar-refractivity contribution in [2.45, 2.75) is 13.0 Å². The smallest absolute Gasteiger partial charge is 0.254 e. The second-order valence-corrected chi connectivity index (χ2v) is 7.15. The molecule has 5 nitrogen and oxygen atoms in total. The minimum Gasteiger partial charge on any atom is -0.345 e. The van der Waals surface area contributed by atoms with Gasteiger partial charge in [-0.05, 0) is 30.7 Å². The Morgan fingerprint density at radius 3 is 2.61 bits per heavy atom. The van der Waals surface area contributed by atoms with Crippen molar-refractivity contribution in [3.63, 3.8) is 0 Å². The number of carbonyl (C=O) groups is 1. The lowest BCUT2D eigenvalue weighted by atomic mass is 10.1. The quantitative estimate of drug-likeness (QED) is 0.754. The van der Waals surface area contributed by atoms with E-state index < -0.39 is 0 Å². The molecule has 0 fully saturated rings. The topological polar surface area (TPSA) is 59.8 Å². The van der Waals surface area contributed by atoms with Gasteiger partial charge in [0.05, 0.1) is 21.6 Å². The van der Waals surface area contributed by atoms with Crippen LogP contribution in [0.5, 0.6) is 0 Å². The average Bonchev–Trinajstić information content (AvgIpc) is 3.17. The summed E-state index contributed by atoms with van der Waals surface area (Å²) in [5.74, 6) is -0.244. The van der Waals surface area contributed by atoms with Crippen molar-refractivity contribution in [1.82, 2.24) is 20.1 Å². The van der Waals surface area contributed by atoms with Crippen LogP contribution in [-0.4, -0.2) is 20.7 Å². The van der Waals surface area contributed by atoms with Crippen LogP contribution in [0.4, 0.5) is 0 Å². The van der Waals surface area contributed by atoms with Gasteiger partial charge < -0.3 is 5.32 Å². The lowest BCUT2D eigenvalue weighted by Gasteiger charge is -2.14. The molecule has 0 radical (unpaired) electrons. The molecule has 0 bridgehead atoms. The summed E-state index contributed by atoms with van der Waals surface area (Å²) in [5.41, 5.74) is 2.27. The number of carbonyl (C=O) groups excluding carboxylic acids is 1. The summed E-state index contributed by atoms with van der Waals surface area (Å²) in [7, 11) is 0. The molecule has 2 heterocycles. The number of rotatable bonds is 4. The Morgan fingerprint density at radius 1 is 1.30 bits per heavy atom. The first-order chi connectivity index (χ1) is 11.0. The molecule has 2 aromatic heterocycles. The number of hydrogen-bond donors (Lipinski definition) is 1. The molecule has 0 aliphatic rings. The number of thiophene rings is 1. The number of aromatic nitrogens is 3. The Balaban J connectivity index is 1.72. The van der Waals surface area contributed by atoms with E-state index in [1.807, 2.05) is 31.2 Å². The van der Waals surface area contributed by atoms with E-state index in [2.05, 4.69) is 15.4 Å². The zero-order valence-corrected chi connectivity index (χ0v) is 14.4. The van der Waals surface area contributed by atoms with Gasteiger partial charge in [-0.1, -0.05) is 35.3 Å². The van der Waals surface area contributed by atoms with E-state index >= 15 is 0 Å². The molecule has 23 heavy (non-hydrogen) atoms. The van der Waals surface area contributed by atoms with Gasteiger partial charge in [-0.2, -0.15) is 5.10 Å². The van der Waals surface area contributed by atoms with Crippen LogP contribution < -0.4 is 5.32 Å². The number of benzene rings is 1. The molecule has 3 rings (SSSR count). The fraction of sp³-hybridized carbons (Fsp3) is 0.133. The second-order valence-electron chi connectivity index (χ2n) is 4.86. The predicted octanol–water partition coefficient (Wildman–Crippen LogP) is 4.13. The van der Waals surface area contributed by atoms with Crippen LogP contribution in [0.15, 0.2) is 43.0 Å². The summed E-state index contributed by atoms with van der Waals surface area (Å²) in [6.45, 7) is 1.91. The molecule has 1 amide bonds. The Hall–Kier alpha value is -1.89. The minimum atomic E-state index is -0.244. The van der Waals surface area contributed by atoms with E-state index in [9.17, 15) is 4.79 Å². The average molecular weight is 367 g/mol. The molecule has 1 aromatic carbocycles. The fourth-order valence-electron chi connectivity index (χ4n) is 2.11. The molecule has 0 saturated heterocycles. The molecule has 3 aromatic rings. The third-order valence-corrected chi connectivity index (χ3v) is 4.81. The van der Waals surface area contributed by atoms with Crippen molar-refractivity contribution >= 4 is 40.4 Å². The molecule has 0 spiro atoms. The van der Waals surface area contributed by atoms with Gasteiger partial charge in [0.2, 0.25) is 0 Å². The first-order valence-electron chi connectivity index (χ1n) is 6.75. The Morgan fingerprint density at radius 2 is 2.04 bits per heavy atom. The maximum absolute atomic E-state index is 12.2. The highest BCUT2D eigenvalue weighted by Crippen LogP contribution is 2.31. The molecule has 1 N–H and O–H groups in total. The Bertz CT molecular complexity index is 815. The Labute approximate surface area is 146 Å². The van der Waals surface area contributed by atoms with Gasteiger partial charge in [-0.25, -0.2) is 9.67 Å². The largest absolute Gasteiger partial charge is 0.345 e. The highest BCUT2D eigenvalue weighted by molar-refractivity contribution is 7.20. The minimum absolute atomic E-state index is 0.165. The molecule has 0 saturated carbocycles. The lowest BCUT2D eigenvalue weighted by Crippen LogP contribution is -2.26. The molecule has 0 aliphatic carbocycles. The standard InChI is InChI=1S/C15H12Cl2N4OS/c1-9(20-15(22)12-6-13(16)23-14(12)17)10-2-4-11(5-3-10)21-8-18-7-19-21/h2-9H,1H3,(H,20,22). The summed E-state index contributed by atoms with van der Waals surface area (Å²) < 4.78 is 2.55. The number of amides is 1. The van der Waals surface area contributed by atoms with Crippen molar-refractivity contribution in [3.05, 3.63) is 62.8 Å². The van der Waals surface area contributed by atoms with Crippen molar-refractivity contribution in [1.29, 1.82) is 0 Å². The van der Waals surface area contributed by atoms with Gasteiger partial charge in [-0.15, -0.1) is 11.3 Å². The van der Waals surface area contributed by atoms with Gasteiger partial charge in [0.15, 0.2) is 0 Å². The van der Waals surface area contributed by atoms with Crippen molar-refractivity contribution in [2.24, 2.45) is 0 Å². The van der Waals surface area contributed by atoms with Crippen molar-refractivity contribution < 1.29 is 4.79 Å². The van der Waals surface area contributed by atoms with Gasteiger partial charge in [-0.3, -0.25) is 4.79 Å². The highest BCUT2D eigenvalue weighted by Gasteiger charge is 2.17. The fourth-order valence-corrected chi connectivity index (χ4v) is 3.57. The molecular weight excluding hydrogens is 355 g/mol.